The molecule has 1 aromatic rings. The van der Waals surface area contributed by atoms with Crippen molar-refractivity contribution in [1.82, 2.24) is 15.0 Å². The molecule has 1 atom stereocenters. The van der Waals surface area contributed by atoms with Crippen LogP contribution in [0.25, 0.3) is 0 Å². The Bertz CT molecular complexity index is 399. The van der Waals surface area contributed by atoms with Gasteiger partial charge >= 0.3 is 0 Å². The number of aromatic nitrogens is 1. The number of ether oxygens (including phenoxy) is 2. The lowest BCUT2D eigenvalue weighted by molar-refractivity contribution is -0.120. The molecular weight excluding hydrogens is 266 g/mol. The predicted molar refractivity (Wildman–Crippen MR) is 74.9 cm³/mol. The Hall–Kier alpha value is -1.34. The smallest absolute Gasteiger partial charge is 0.234 e. The van der Waals surface area contributed by atoms with Gasteiger partial charge in [0.15, 0.2) is 0 Å². The van der Waals surface area contributed by atoms with Crippen molar-refractivity contribution < 1.29 is 14.3 Å². The second kappa shape index (κ2) is 7.30. The molecule has 2 N–H and O–H groups in total. The number of hydrogen-bond acceptors (Lipinski definition) is 6. The summed E-state index contributed by atoms with van der Waals surface area (Å²) in [6.07, 6.45) is 0. The monoisotopic (exact) mass is 287 g/mol. The van der Waals surface area contributed by atoms with Gasteiger partial charge in [0.2, 0.25) is 16.9 Å². The lowest BCUT2D eigenvalue weighted by Gasteiger charge is -2.15. The zero-order valence-corrected chi connectivity index (χ0v) is 12.8. The Labute approximate surface area is 117 Å². The molecule has 1 unspecified atom stereocenters. The molecule has 0 bridgehead atoms. The average Bonchev–Trinajstić information content (AvgIpc) is 2.77. The molecule has 0 aliphatic heterocycles. The summed E-state index contributed by atoms with van der Waals surface area (Å²) in [4.78, 5) is 11.6. The number of hydrogen-bond donors (Lipinski definition) is 2. The van der Waals surface area contributed by atoms with E-state index in [1.54, 1.807) is 14.2 Å². The first-order valence-corrected chi connectivity index (χ1v) is 6.87. The molecule has 1 heterocycles. The van der Waals surface area contributed by atoms with Gasteiger partial charge in [0.05, 0.1) is 26.3 Å². The van der Waals surface area contributed by atoms with Gasteiger partial charge in [-0.2, -0.15) is 4.37 Å². The third-order valence-electron chi connectivity index (χ3n) is 2.49. The molecule has 0 aliphatic rings. The average molecular weight is 287 g/mol. The number of nitrogens with one attached hydrogen (secondary N) is 2. The number of amides is 1. The minimum atomic E-state index is -0.0819. The predicted octanol–water partition coefficient (Wildman–Crippen LogP) is 1.34. The van der Waals surface area contributed by atoms with Crippen LogP contribution in [0.5, 0.6) is 10.9 Å². The summed E-state index contributed by atoms with van der Waals surface area (Å²) in [6.45, 7) is 6.03. The van der Waals surface area contributed by atoms with E-state index < -0.39 is 0 Å². The molecule has 0 aromatic carbocycles. The van der Waals surface area contributed by atoms with Crippen LogP contribution in [0.2, 0.25) is 0 Å². The topological polar surface area (TPSA) is 72.5 Å². The molecule has 0 saturated heterocycles. The Morgan fingerprint density at radius 3 is 2.53 bits per heavy atom. The van der Waals surface area contributed by atoms with Crippen molar-refractivity contribution in [2.24, 2.45) is 0 Å². The molecular formula is C12H21N3O3S. The maximum atomic E-state index is 11.6. The number of rotatable bonds is 7. The minimum Gasteiger partial charge on any atom is -0.486 e. The first kappa shape index (κ1) is 15.7. The summed E-state index contributed by atoms with van der Waals surface area (Å²) in [5, 5.41) is 6.65. The fourth-order valence-electron chi connectivity index (χ4n) is 1.65. The summed E-state index contributed by atoms with van der Waals surface area (Å²) >= 11 is 1.24. The van der Waals surface area contributed by atoms with Gasteiger partial charge in [0.25, 0.3) is 0 Å². The van der Waals surface area contributed by atoms with E-state index in [4.69, 9.17) is 9.47 Å². The number of methoxy groups -OCH3 is 2. The zero-order chi connectivity index (χ0) is 14.4. The largest absolute Gasteiger partial charge is 0.486 e. The number of carbonyl (C=O) groups is 1. The highest BCUT2D eigenvalue weighted by atomic mass is 32.1. The van der Waals surface area contributed by atoms with Crippen LogP contribution in [0, 0.1) is 0 Å². The quantitative estimate of drug-likeness (QED) is 0.791. The highest BCUT2D eigenvalue weighted by Crippen LogP contribution is 2.36. The van der Waals surface area contributed by atoms with Crippen molar-refractivity contribution in [2.45, 2.75) is 32.9 Å². The van der Waals surface area contributed by atoms with E-state index in [2.05, 4.69) is 15.0 Å². The second-order valence-electron chi connectivity index (χ2n) is 4.42. The lowest BCUT2D eigenvalue weighted by Crippen LogP contribution is -2.38. The van der Waals surface area contributed by atoms with Crippen molar-refractivity contribution in [3.05, 3.63) is 5.56 Å². The number of carbonyl (C=O) groups excluding carboxylic acids is 1. The van der Waals surface area contributed by atoms with Gasteiger partial charge in [-0.05, 0) is 20.8 Å². The van der Waals surface area contributed by atoms with Gasteiger partial charge in [0, 0.05) is 23.6 Å². The highest BCUT2D eigenvalue weighted by Gasteiger charge is 2.21. The summed E-state index contributed by atoms with van der Waals surface area (Å²) in [6, 6.07) is 0.0538. The molecule has 19 heavy (non-hydrogen) atoms. The van der Waals surface area contributed by atoms with Crippen molar-refractivity contribution in [2.75, 3.05) is 20.8 Å². The number of nitrogens with zero attached hydrogens (tertiary/aromatic N) is 1. The van der Waals surface area contributed by atoms with Crippen molar-refractivity contribution >= 4 is 17.4 Å². The lowest BCUT2D eigenvalue weighted by atomic mass is 10.2. The minimum absolute atomic E-state index is 0.0389. The third-order valence-corrected chi connectivity index (χ3v) is 3.30. The van der Waals surface area contributed by atoms with E-state index in [1.807, 2.05) is 20.8 Å². The molecule has 0 fully saturated rings. The van der Waals surface area contributed by atoms with Gasteiger partial charge in [0.1, 0.15) is 0 Å². The van der Waals surface area contributed by atoms with Gasteiger partial charge in [-0.3, -0.25) is 4.79 Å². The molecule has 7 heteroatoms. The van der Waals surface area contributed by atoms with E-state index in [-0.39, 0.29) is 24.5 Å². The van der Waals surface area contributed by atoms with Crippen LogP contribution in [-0.2, 0) is 4.79 Å². The van der Waals surface area contributed by atoms with Crippen LogP contribution in [0.15, 0.2) is 0 Å². The second-order valence-corrected chi connectivity index (χ2v) is 5.16. The van der Waals surface area contributed by atoms with Gasteiger partial charge < -0.3 is 20.1 Å². The molecule has 0 spiro atoms. The molecule has 0 radical (unpaired) electrons. The summed E-state index contributed by atoms with van der Waals surface area (Å²) in [5.41, 5.74) is 0.840. The van der Waals surface area contributed by atoms with E-state index in [0.29, 0.717) is 10.9 Å². The third kappa shape index (κ3) is 4.36. The van der Waals surface area contributed by atoms with Crippen LogP contribution in [0.3, 0.4) is 0 Å². The Morgan fingerprint density at radius 2 is 2.00 bits per heavy atom. The molecule has 0 aliphatic carbocycles. The fraction of sp³-hybridized carbons (Fsp3) is 0.667. The zero-order valence-electron chi connectivity index (χ0n) is 11.9. The highest BCUT2D eigenvalue weighted by molar-refractivity contribution is 7.08. The molecule has 1 aromatic heterocycles. The molecule has 1 rings (SSSR count). The first-order valence-electron chi connectivity index (χ1n) is 6.09. The van der Waals surface area contributed by atoms with Crippen LogP contribution in [-0.4, -0.2) is 37.1 Å². The Morgan fingerprint density at radius 1 is 1.32 bits per heavy atom. The van der Waals surface area contributed by atoms with Crippen LogP contribution in [0.1, 0.15) is 32.4 Å². The van der Waals surface area contributed by atoms with Crippen LogP contribution in [0.4, 0.5) is 0 Å². The van der Waals surface area contributed by atoms with E-state index in [1.165, 1.54) is 11.5 Å². The van der Waals surface area contributed by atoms with Gasteiger partial charge in [-0.15, -0.1) is 0 Å². The SMILES string of the molecule is COc1nsc(OC)c1C(C)NCC(=O)NC(C)C. The standard InChI is InChI=1S/C12H21N3O3S/c1-7(2)14-9(16)6-13-8(3)10-11(17-4)15-19-12(10)18-5/h7-8,13H,6H2,1-5H3,(H,14,16). The molecule has 0 saturated carbocycles. The van der Waals surface area contributed by atoms with Crippen molar-refractivity contribution in [3.8, 4) is 10.9 Å². The van der Waals surface area contributed by atoms with E-state index in [9.17, 15) is 4.79 Å². The molecule has 1 amide bonds. The molecule has 6 nitrogen and oxygen atoms in total. The van der Waals surface area contributed by atoms with Gasteiger partial charge in [-0.25, -0.2) is 0 Å². The van der Waals surface area contributed by atoms with Gasteiger partial charge in [-0.1, -0.05) is 0 Å². The summed E-state index contributed by atoms with van der Waals surface area (Å²) in [5.74, 6) is 0.495. The Kier molecular flexibility index (Phi) is 6.04. The first-order chi connectivity index (χ1) is 8.99. The maximum absolute atomic E-state index is 11.6. The van der Waals surface area contributed by atoms with Crippen molar-refractivity contribution in [1.29, 1.82) is 0 Å². The maximum Gasteiger partial charge on any atom is 0.234 e. The normalized spacial score (nSPS) is 12.3. The fourth-order valence-corrected chi connectivity index (χ4v) is 2.42. The van der Waals surface area contributed by atoms with Crippen LogP contribution < -0.4 is 20.1 Å². The Balaban J connectivity index is 2.65. The van der Waals surface area contributed by atoms with Crippen LogP contribution >= 0.6 is 11.5 Å². The van der Waals surface area contributed by atoms with Crippen molar-refractivity contribution in [3.63, 3.8) is 0 Å². The summed E-state index contributed by atoms with van der Waals surface area (Å²) < 4.78 is 14.6. The molecule has 108 valence electrons. The summed E-state index contributed by atoms with van der Waals surface area (Å²) in [7, 11) is 3.16. The van der Waals surface area contributed by atoms with E-state index in [0.717, 1.165) is 5.56 Å². The van der Waals surface area contributed by atoms with E-state index >= 15 is 0 Å².